The molecule has 0 spiro atoms. The molecule has 0 N–H and O–H groups in total. The molecule has 0 bridgehead atoms. The summed E-state index contributed by atoms with van der Waals surface area (Å²) in [6, 6.07) is 9.50. The third-order valence-electron chi connectivity index (χ3n) is 3.05. The third kappa shape index (κ3) is 3.80. The number of benzene rings is 1. The Balaban J connectivity index is 1.69. The Morgan fingerprint density at radius 1 is 1.30 bits per heavy atom. The van der Waals surface area contributed by atoms with Crippen LogP contribution in [0.25, 0.3) is 9.88 Å². The molecule has 0 amide bonds. The van der Waals surface area contributed by atoms with Crippen molar-refractivity contribution in [2.45, 2.75) is 6.61 Å². The Hall–Kier alpha value is -1.70. The molecule has 0 aliphatic carbocycles. The highest BCUT2D eigenvalue weighted by molar-refractivity contribution is 9.10. The molecular formula is C16H12BrNO3S2. The molecule has 1 aromatic carbocycles. The predicted molar refractivity (Wildman–Crippen MR) is 95.2 cm³/mol. The number of thiazole rings is 1. The van der Waals surface area contributed by atoms with Crippen LogP contribution in [0.3, 0.4) is 0 Å². The molecule has 118 valence electrons. The van der Waals surface area contributed by atoms with Gasteiger partial charge in [-0.25, -0.2) is 9.78 Å². The van der Waals surface area contributed by atoms with Crippen LogP contribution in [-0.4, -0.2) is 18.1 Å². The molecule has 0 unspecified atom stereocenters. The molecule has 3 rings (SSSR count). The summed E-state index contributed by atoms with van der Waals surface area (Å²) in [5.41, 5.74) is 1.12. The number of hydrogen-bond donors (Lipinski definition) is 0. The summed E-state index contributed by atoms with van der Waals surface area (Å²) >= 11 is 6.42. The first-order valence-electron chi connectivity index (χ1n) is 6.66. The maximum atomic E-state index is 12.2. The molecule has 4 nitrogen and oxygen atoms in total. The van der Waals surface area contributed by atoms with Crippen LogP contribution in [0.4, 0.5) is 0 Å². The molecule has 0 saturated heterocycles. The van der Waals surface area contributed by atoms with Gasteiger partial charge in [0.25, 0.3) is 0 Å². The molecule has 23 heavy (non-hydrogen) atoms. The zero-order valence-electron chi connectivity index (χ0n) is 12.1. The van der Waals surface area contributed by atoms with E-state index in [-0.39, 0.29) is 6.61 Å². The molecule has 2 heterocycles. The molecule has 0 radical (unpaired) electrons. The van der Waals surface area contributed by atoms with Crippen LogP contribution in [0.2, 0.25) is 0 Å². The Morgan fingerprint density at radius 2 is 2.17 bits per heavy atom. The highest BCUT2D eigenvalue weighted by atomic mass is 79.9. The minimum Gasteiger partial charge on any atom is -0.496 e. The number of thiophene rings is 1. The topological polar surface area (TPSA) is 48.4 Å². The zero-order valence-corrected chi connectivity index (χ0v) is 15.3. The van der Waals surface area contributed by atoms with Gasteiger partial charge >= 0.3 is 5.97 Å². The highest BCUT2D eigenvalue weighted by Gasteiger charge is 2.15. The van der Waals surface area contributed by atoms with E-state index in [2.05, 4.69) is 20.9 Å². The molecular weight excluding hydrogens is 398 g/mol. The van der Waals surface area contributed by atoms with Gasteiger partial charge in [0, 0.05) is 15.4 Å². The Kier molecular flexibility index (Phi) is 5.09. The summed E-state index contributed by atoms with van der Waals surface area (Å²) in [7, 11) is 1.59. The lowest BCUT2D eigenvalue weighted by Crippen LogP contribution is -2.06. The van der Waals surface area contributed by atoms with Gasteiger partial charge < -0.3 is 9.47 Å². The fourth-order valence-electron chi connectivity index (χ4n) is 1.96. The second-order valence-corrected chi connectivity index (χ2v) is 7.27. The number of rotatable bonds is 5. The number of aromatic nitrogens is 1. The molecule has 0 atom stereocenters. The minimum atomic E-state index is -0.439. The normalized spacial score (nSPS) is 10.5. The summed E-state index contributed by atoms with van der Waals surface area (Å²) in [5, 5.41) is 4.52. The minimum absolute atomic E-state index is 0.132. The van der Waals surface area contributed by atoms with E-state index in [9.17, 15) is 4.79 Å². The van der Waals surface area contributed by atoms with Gasteiger partial charge in [-0.3, -0.25) is 0 Å². The third-order valence-corrected chi connectivity index (χ3v) is 5.42. The average Bonchev–Trinajstić information content (AvgIpc) is 3.23. The quantitative estimate of drug-likeness (QED) is 0.556. The molecule has 0 aliphatic heterocycles. The number of esters is 1. The number of carbonyl (C=O) groups excluding carboxylic acids is 1. The van der Waals surface area contributed by atoms with E-state index in [0.29, 0.717) is 11.4 Å². The largest absolute Gasteiger partial charge is 0.496 e. The fraction of sp³-hybridized carbons (Fsp3) is 0.125. The number of nitrogens with zero attached hydrogens (tertiary/aromatic N) is 1. The molecule has 0 saturated carbocycles. The van der Waals surface area contributed by atoms with Crippen LogP contribution in [0.1, 0.15) is 16.1 Å². The van der Waals surface area contributed by atoms with E-state index in [4.69, 9.17) is 9.47 Å². The van der Waals surface area contributed by atoms with E-state index in [0.717, 1.165) is 19.9 Å². The summed E-state index contributed by atoms with van der Waals surface area (Å²) in [6.45, 7) is 0.132. The van der Waals surface area contributed by atoms with Crippen molar-refractivity contribution < 1.29 is 14.3 Å². The Morgan fingerprint density at radius 3 is 2.91 bits per heavy atom. The lowest BCUT2D eigenvalue weighted by Gasteiger charge is -2.09. The number of carbonyl (C=O) groups is 1. The van der Waals surface area contributed by atoms with Crippen LogP contribution < -0.4 is 4.74 Å². The second kappa shape index (κ2) is 7.25. The predicted octanol–water partition coefficient (Wildman–Crippen LogP) is 5.00. The number of halogens is 1. The van der Waals surface area contributed by atoms with Gasteiger partial charge in [0.2, 0.25) is 0 Å². The van der Waals surface area contributed by atoms with Crippen molar-refractivity contribution in [1.82, 2.24) is 4.98 Å². The van der Waals surface area contributed by atoms with Crippen molar-refractivity contribution in [2.24, 2.45) is 0 Å². The van der Waals surface area contributed by atoms with Crippen LogP contribution in [-0.2, 0) is 11.3 Å². The lowest BCUT2D eigenvalue weighted by atomic mass is 10.2. The molecule has 3 aromatic rings. The second-order valence-electron chi connectivity index (χ2n) is 4.55. The zero-order chi connectivity index (χ0) is 16.2. The average molecular weight is 410 g/mol. The highest BCUT2D eigenvalue weighted by Crippen LogP contribution is 2.28. The maximum absolute atomic E-state index is 12.2. The van der Waals surface area contributed by atoms with Gasteiger partial charge in [0.15, 0.2) is 5.69 Å². The van der Waals surface area contributed by atoms with E-state index in [1.54, 1.807) is 23.8 Å². The summed E-state index contributed by atoms with van der Waals surface area (Å²) in [6.07, 6.45) is 0. The molecule has 0 fully saturated rings. The van der Waals surface area contributed by atoms with Crippen molar-refractivity contribution in [3.8, 4) is 15.6 Å². The summed E-state index contributed by atoms with van der Waals surface area (Å²) in [5.74, 6) is 0.240. The SMILES string of the molecule is COc1ccc(Br)cc1COC(=O)c1csc(-c2cccs2)n1. The smallest absolute Gasteiger partial charge is 0.358 e. The monoisotopic (exact) mass is 409 g/mol. The van der Waals surface area contributed by atoms with Crippen molar-refractivity contribution in [1.29, 1.82) is 0 Å². The van der Waals surface area contributed by atoms with E-state index >= 15 is 0 Å². The van der Waals surface area contributed by atoms with Crippen LogP contribution in [0.15, 0.2) is 45.6 Å². The first kappa shape index (κ1) is 16.2. The van der Waals surface area contributed by atoms with Gasteiger partial charge in [0.1, 0.15) is 17.4 Å². The Bertz CT molecular complexity index is 815. The van der Waals surface area contributed by atoms with Gasteiger partial charge in [-0.05, 0) is 29.6 Å². The van der Waals surface area contributed by atoms with E-state index in [1.165, 1.54) is 11.3 Å². The van der Waals surface area contributed by atoms with E-state index < -0.39 is 5.97 Å². The van der Waals surface area contributed by atoms with Gasteiger partial charge in [-0.1, -0.05) is 22.0 Å². The van der Waals surface area contributed by atoms with Crippen LogP contribution in [0, 0.1) is 0 Å². The lowest BCUT2D eigenvalue weighted by molar-refractivity contribution is 0.0464. The van der Waals surface area contributed by atoms with Crippen LogP contribution in [0.5, 0.6) is 5.75 Å². The molecule has 7 heteroatoms. The van der Waals surface area contributed by atoms with Gasteiger partial charge in [-0.2, -0.15) is 0 Å². The summed E-state index contributed by atoms with van der Waals surface area (Å²) < 4.78 is 11.5. The van der Waals surface area contributed by atoms with Crippen molar-refractivity contribution in [3.63, 3.8) is 0 Å². The van der Waals surface area contributed by atoms with E-state index in [1.807, 2.05) is 35.7 Å². The van der Waals surface area contributed by atoms with Gasteiger partial charge in [0.05, 0.1) is 12.0 Å². The van der Waals surface area contributed by atoms with Gasteiger partial charge in [-0.15, -0.1) is 22.7 Å². The summed E-state index contributed by atoms with van der Waals surface area (Å²) in [4.78, 5) is 17.5. The number of hydrogen-bond acceptors (Lipinski definition) is 6. The van der Waals surface area contributed by atoms with Crippen LogP contribution >= 0.6 is 38.6 Å². The standard InChI is InChI=1S/C16H12BrNO3S2/c1-20-13-5-4-11(17)7-10(13)8-21-16(19)12-9-23-15(18-12)14-3-2-6-22-14/h2-7,9H,8H2,1H3. The van der Waals surface area contributed by atoms with Crippen molar-refractivity contribution in [2.75, 3.05) is 7.11 Å². The maximum Gasteiger partial charge on any atom is 0.358 e. The number of ether oxygens (including phenoxy) is 2. The first-order valence-corrected chi connectivity index (χ1v) is 9.21. The fourth-order valence-corrected chi connectivity index (χ4v) is 3.97. The number of methoxy groups -OCH3 is 1. The van der Waals surface area contributed by atoms with Crippen molar-refractivity contribution in [3.05, 3.63) is 56.8 Å². The Labute approximate surface area is 149 Å². The first-order chi connectivity index (χ1) is 11.2. The van der Waals surface area contributed by atoms with Crippen molar-refractivity contribution >= 4 is 44.6 Å². The molecule has 2 aromatic heterocycles. The molecule has 0 aliphatic rings.